The Morgan fingerprint density at radius 3 is 2.79 bits per heavy atom. The molecule has 2 unspecified atom stereocenters. The molecule has 28 heavy (non-hydrogen) atoms. The van der Waals surface area contributed by atoms with Gasteiger partial charge >= 0.3 is 11.9 Å². The molecule has 0 radical (unpaired) electrons. The van der Waals surface area contributed by atoms with E-state index in [1.165, 1.54) is 16.8 Å². The van der Waals surface area contributed by atoms with Gasteiger partial charge in [-0.2, -0.15) is 0 Å². The number of carboxylic acid groups (broad SMARTS) is 2. The second-order valence-corrected chi connectivity index (χ2v) is 8.64. The molecule has 1 aliphatic carbocycles. The lowest BCUT2D eigenvalue weighted by Crippen LogP contribution is -2.32. The molecule has 0 spiro atoms. The van der Waals surface area contributed by atoms with Crippen LogP contribution in [-0.2, 0) is 17.6 Å². The summed E-state index contributed by atoms with van der Waals surface area (Å²) >= 11 is 0. The van der Waals surface area contributed by atoms with Crippen LogP contribution >= 0.6 is 21.6 Å². The maximum absolute atomic E-state index is 14.0. The minimum Gasteiger partial charge on any atom is -0.480 e. The largest absolute Gasteiger partial charge is 0.480 e. The molecule has 0 fully saturated rings. The highest BCUT2D eigenvalue weighted by atomic mass is 33.1. The van der Waals surface area contributed by atoms with E-state index in [1.54, 1.807) is 0 Å². The summed E-state index contributed by atoms with van der Waals surface area (Å²) < 4.78 is 29.1. The molecule has 0 amide bonds. The Kier molecular flexibility index (Phi) is 6.26. The van der Waals surface area contributed by atoms with Gasteiger partial charge in [-0.1, -0.05) is 10.8 Å². The van der Waals surface area contributed by atoms with E-state index in [9.17, 15) is 23.5 Å². The minimum absolute atomic E-state index is 0.0315. The van der Waals surface area contributed by atoms with Crippen LogP contribution in [0.25, 0.3) is 0 Å². The zero-order valence-corrected chi connectivity index (χ0v) is 16.1. The Morgan fingerprint density at radius 2 is 2.11 bits per heavy atom. The molecule has 0 bridgehead atoms. The van der Waals surface area contributed by atoms with Crippen molar-refractivity contribution in [1.82, 2.24) is 9.55 Å². The lowest BCUT2D eigenvalue weighted by Gasteiger charge is -2.28. The van der Waals surface area contributed by atoms with Gasteiger partial charge in [0.25, 0.3) is 0 Å². The summed E-state index contributed by atoms with van der Waals surface area (Å²) in [5.74, 6) is -3.45. The van der Waals surface area contributed by atoms with Gasteiger partial charge in [-0.15, -0.1) is 0 Å². The van der Waals surface area contributed by atoms with Crippen molar-refractivity contribution >= 4 is 33.5 Å². The van der Waals surface area contributed by atoms with Gasteiger partial charge in [-0.25, -0.2) is 18.6 Å². The van der Waals surface area contributed by atoms with E-state index in [2.05, 4.69) is 4.98 Å². The fraction of sp³-hybridized carbons (Fsp3) is 0.353. The maximum atomic E-state index is 14.0. The third kappa shape index (κ3) is 4.31. The normalized spacial score (nSPS) is 17.2. The zero-order valence-electron chi connectivity index (χ0n) is 14.5. The molecule has 4 N–H and O–H groups in total. The smallest absolute Gasteiger partial charge is 0.354 e. The average Bonchev–Trinajstić information content (AvgIpc) is 3.05. The SMILES string of the molecule is NC(CSSc1ncc(C(=O)O)n1C1CCc2c(F)cc(F)cc2C1)C(=O)O. The molecule has 3 rings (SSSR count). The first-order valence-electron chi connectivity index (χ1n) is 8.33. The van der Waals surface area contributed by atoms with Crippen LogP contribution < -0.4 is 5.73 Å². The summed E-state index contributed by atoms with van der Waals surface area (Å²) in [5, 5.41) is 18.7. The van der Waals surface area contributed by atoms with Crippen molar-refractivity contribution in [1.29, 1.82) is 0 Å². The lowest BCUT2D eigenvalue weighted by molar-refractivity contribution is -0.137. The molecule has 1 heterocycles. The molecule has 11 heteroatoms. The van der Waals surface area contributed by atoms with Gasteiger partial charge in [0.05, 0.1) is 6.20 Å². The van der Waals surface area contributed by atoms with Crippen molar-refractivity contribution in [2.24, 2.45) is 5.73 Å². The van der Waals surface area contributed by atoms with Crippen molar-refractivity contribution < 1.29 is 28.6 Å². The predicted octanol–water partition coefficient (Wildman–Crippen LogP) is 2.74. The van der Waals surface area contributed by atoms with Crippen LogP contribution in [0.15, 0.2) is 23.5 Å². The van der Waals surface area contributed by atoms with E-state index in [0.717, 1.165) is 27.7 Å². The highest BCUT2D eigenvalue weighted by Gasteiger charge is 2.29. The molecule has 2 atom stereocenters. The number of hydrogen-bond donors (Lipinski definition) is 3. The third-order valence-corrected chi connectivity index (χ3v) is 6.75. The maximum Gasteiger partial charge on any atom is 0.354 e. The number of halogens is 2. The molecule has 0 aliphatic heterocycles. The van der Waals surface area contributed by atoms with Crippen molar-refractivity contribution in [3.8, 4) is 0 Å². The standard InChI is InChI=1S/C17H17F2N3O4S2/c18-9-3-8-4-10(1-2-11(8)12(19)5-9)22-14(16(25)26)6-21-17(22)28-27-7-13(20)15(23)24/h3,5-6,10,13H,1-2,4,7,20H2,(H,23,24)(H,25,26). The summed E-state index contributed by atoms with van der Waals surface area (Å²) in [7, 11) is 2.28. The van der Waals surface area contributed by atoms with Crippen molar-refractivity contribution in [3.05, 3.63) is 46.8 Å². The lowest BCUT2D eigenvalue weighted by atomic mass is 9.87. The summed E-state index contributed by atoms with van der Waals surface area (Å²) in [6, 6.07) is 0.740. The zero-order chi connectivity index (χ0) is 20.4. The van der Waals surface area contributed by atoms with Gasteiger partial charge < -0.3 is 20.5 Å². The van der Waals surface area contributed by atoms with E-state index in [0.29, 0.717) is 29.1 Å². The Hall–Kier alpha value is -2.11. The second kappa shape index (κ2) is 8.50. The summed E-state index contributed by atoms with van der Waals surface area (Å²) in [5.41, 5.74) is 6.40. The third-order valence-electron chi connectivity index (χ3n) is 4.48. The highest BCUT2D eigenvalue weighted by molar-refractivity contribution is 8.76. The van der Waals surface area contributed by atoms with Gasteiger partial charge in [-0.05, 0) is 47.2 Å². The Morgan fingerprint density at radius 1 is 1.36 bits per heavy atom. The molecule has 150 valence electrons. The first kappa shape index (κ1) is 20.6. The summed E-state index contributed by atoms with van der Waals surface area (Å²) in [6.45, 7) is 0. The van der Waals surface area contributed by atoms with Gasteiger partial charge in [0, 0.05) is 17.9 Å². The van der Waals surface area contributed by atoms with Crippen LogP contribution in [0.5, 0.6) is 0 Å². The number of fused-ring (bicyclic) bond motifs is 1. The average molecular weight is 429 g/mol. The fourth-order valence-corrected chi connectivity index (χ4v) is 5.37. The number of nitrogens with two attached hydrogens (primary N) is 1. The second-order valence-electron chi connectivity index (χ2n) is 6.34. The molecule has 0 saturated heterocycles. The molecular weight excluding hydrogens is 412 g/mol. The minimum atomic E-state index is -1.16. The number of aromatic nitrogens is 2. The molecule has 1 aliphatic rings. The predicted molar refractivity (Wildman–Crippen MR) is 101 cm³/mol. The van der Waals surface area contributed by atoms with Crippen molar-refractivity contribution in [3.63, 3.8) is 0 Å². The first-order valence-corrected chi connectivity index (χ1v) is 10.6. The van der Waals surface area contributed by atoms with E-state index in [-0.39, 0.29) is 23.9 Å². The number of benzene rings is 1. The van der Waals surface area contributed by atoms with Crippen molar-refractivity contribution in [2.45, 2.75) is 36.5 Å². The molecular formula is C17H17F2N3O4S2. The van der Waals surface area contributed by atoms with E-state index < -0.39 is 29.6 Å². The number of nitrogens with zero attached hydrogens (tertiary/aromatic N) is 2. The topological polar surface area (TPSA) is 118 Å². The van der Waals surface area contributed by atoms with Crippen LogP contribution in [0, 0.1) is 11.6 Å². The first-order chi connectivity index (χ1) is 13.3. The Bertz CT molecular complexity index is 922. The Labute approximate surface area is 166 Å². The Balaban J connectivity index is 1.85. The highest BCUT2D eigenvalue weighted by Crippen LogP contribution is 2.38. The fourth-order valence-electron chi connectivity index (χ4n) is 3.15. The molecule has 1 aromatic heterocycles. The van der Waals surface area contributed by atoms with E-state index in [4.69, 9.17) is 10.8 Å². The number of imidazole rings is 1. The van der Waals surface area contributed by atoms with Crippen LogP contribution in [0.3, 0.4) is 0 Å². The van der Waals surface area contributed by atoms with E-state index in [1.807, 2.05) is 0 Å². The van der Waals surface area contributed by atoms with E-state index >= 15 is 0 Å². The number of aromatic carboxylic acids is 1. The molecule has 1 aromatic carbocycles. The molecule has 0 saturated carbocycles. The van der Waals surface area contributed by atoms with Gasteiger partial charge in [0.15, 0.2) is 5.16 Å². The van der Waals surface area contributed by atoms with Gasteiger partial charge in [-0.3, -0.25) is 4.79 Å². The number of carboxylic acids is 2. The summed E-state index contributed by atoms with van der Waals surface area (Å²) in [6.07, 6.45) is 2.32. The van der Waals surface area contributed by atoms with Crippen LogP contribution in [-0.4, -0.2) is 43.5 Å². The molecule has 7 nitrogen and oxygen atoms in total. The van der Waals surface area contributed by atoms with Crippen LogP contribution in [0.1, 0.15) is 34.1 Å². The van der Waals surface area contributed by atoms with Gasteiger partial charge in [0.2, 0.25) is 0 Å². The number of hydrogen-bond acceptors (Lipinski definition) is 6. The van der Waals surface area contributed by atoms with Crippen LogP contribution in [0.4, 0.5) is 8.78 Å². The summed E-state index contributed by atoms with van der Waals surface area (Å²) in [4.78, 5) is 26.6. The van der Waals surface area contributed by atoms with Crippen LogP contribution in [0.2, 0.25) is 0 Å². The molecule has 2 aromatic rings. The van der Waals surface area contributed by atoms with Gasteiger partial charge in [0.1, 0.15) is 23.4 Å². The monoisotopic (exact) mass is 429 g/mol. The number of aliphatic carboxylic acids is 1. The number of carbonyl (C=O) groups is 2. The van der Waals surface area contributed by atoms with Crippen molar-refractivity contribution in [2.75, 3.05) is 5.75 Å². The number of rotatable bonds is 7. The quantitative estimate of drug-likeness (QED) is 0.575.